The zero-order valence-corrected chi connectivity index (χ0v) is 17.0. The third-order valence-electron chi connectivity index (χ3n) is 5.62. The van der Waals surface area contributed by atoms with Crippen LogP contribution in [-0.2, 0) is 6.18 Å². The van der Waals surface area contributed by atoms with Gasteiger partial charge in [0, 0.05) is 37.6 Å². The van der Waals surface area contributed by atoms with E-state index < -0.39 is 18.0 Å². The van der Waals surface area contributed by atoms with Gasteiger partial charge in [-0.25, -0.2) is 19.9 Å². The third kappa shape index (κ3) is 3.66. The molecule has 0 aliphatic carbocycles. The van der Waals surface area contributed by atoms with Gasteiger partial charge in [-0.2, -0.15) is 18.3 Å². The van der Waals surface area contributed by atoms with Gasteiger partial charge in [-0.3, -0.25) is 9.50 Å². The molecule has 1 aliphatic heterocycles. The summed E-state index contributed by atoms with van der Waals surface area (Å²) >= 11 is 0. The molecule has 0 amide bonds. The van der Waals surface area contributed by atoms with Crippen molar-refractivity contribution in [2.24, 2.45) is 0 Å². The van der Waals surface area contributed by atoms with Gasteiger partial charge in [0.15, 0.2) is 17.2 Å². The standard InChI is InChI=1S/C20H19F3N8O/c1-11-14(5-27-29-11)12-4-13(32)9-30(8-12)17-2-3-24-19(28-17)15-6-26-18-7-25-16(10-31(15)18)20(21,22)23/h2-3,5-7,10,12-13,32H,4,8-9H2,1H3,(H,27,29)/t12-,13-/m1/s1. The van der Waals surface area contributed by atoms with Crippen LogP contribution in [0.1, 0.15) is 29.3 Å². The Bertz CT molecular complexity index is 1270. The summed E-state index contributed by atoms with van der Waals surface area (Å²) in [6.07, 6.45) is 2.22. The number of nitrogens with one attached hydrogen (secondary N) is 1. The van der Waals surface area contributed by atoms with E-state index in [1.807, 2.05) is 18.0 Å². The number of β-amino-alcohol motifs (C(OH)–C–C–N with tert-alkyl or cyclic N) is 1. The lowest BCUT2D eigenvalue weighted by Gasteiger charge is -2.36. The van der Waals surface area contributed by atoms with Crippen molar-refractivity contribution in [3.8, 4) is 11.5 Å². The topological polar surface area (TPSA) is 108 Å². The number of hydrogen-bond acceptors (Lipinski definition) is 7. The van der Waals surface area contributed by atoms with Gasteiger partial charge in [-0.05, 0) is 25.0 Å². The van der Waals surface area contributed by atoms with Crippen LogP contribution in [0, 0.1) is 6.92 Å². The summed E-state index contributed by atoms with van der Waals surface area (Å²) < 4.78 is 40.6. The molecule has 1 saturated heterocycles. The average Bonchev–Trinajstić information content (AvgIpc) is 3.38. The van der Waals surface area contributed by atoms with E-state index in [0.717, 1.165) is 23.7 Å². The number of fused-ring (bicyclic) bond motifs is 1. The van der Waals surface area contributed by atoms with Gasteiger partial charge in [0.05, 0.1) is 24.2 Å². The lowest BCUT2D eigenvalue weighted by molar-refractivity contribution is -0.141. The highest BCUT2D eigenvalue weighted by Gasteiger charge is 2.33. The molecule has 5 rings (SSSR count). The number of imidazole rings is 1. The predicted octanol–water partition coefficient (Wildman–Crippen LogP) is 2.59. The Morgan fingerprint density at radius 1 is 1.16 bits per heavy atom. The Kier molecular flexibility index (Phi) is 4.81. The second-order valence-electron chi connectivity index (χ2n) is 7.80. The van der Waals surface area contributed by atoms with Gasteiger partial charge in [-0.1, -0.05) is 0 Å². The maximum absolute atomic E-state index is 13.1. The Hall–Kier alpha value is -3.54. The summed E-state index contributed by atoms with van der Waals surface area (Å²) in [4.78, 5) is 18.3. The molecule has 2 atom stereocenters. The Morgan fingerprint density at radius 3 is 2.75 bits per heavy atom. The van der Waals surface area contributed by atoms with Crippen molar-refractivity contribution in [2.75, 3.05) is 18.0 Å². The lowest BCUT2D eigenvalue weighted by atomic mass is 9.89. The number of aromatic amines is 1. The van der Waals surface area contributed by atoms with Gasteiger partial charge in [0.2, 0.25) is 0 Å². The SMILES string of the molecule is Cc1n[nH]cc1[C@@H]1C[C@@H](O)CN(c2ccnc(-c3cnc4cnc(C(F)(F)F)cn34)n2)C1. The summed E-state index contributed by atoms with van der Waals surface area (Å²) in [5.41, 5.74) is 1.46. The summed E-state index contributed by atoms with van der Waals surface area (Å²) in [5, 5.41) is 17.5. The molecule has 1 aliphatic rings. The van der Waals surface area contributed by atoms with Crippen LogP contribution in [0.5, 0.6) is 0 Å². The number of aliphatic hydroxyl groups excluding tert-OH is 1. The molecule has 0 aromatic carbocycles. The number of rotatable bonds is 3. The second-order valence-corrected chi connectivity index (χ2v) is 7.80. The van der Waals surface area contributed by atoms with E-state index in [4.69, 9.17) is 0 Å². The molecule has 0 unspecified atom stereocenters. The molecule has 32 heavy (non-hydrogen) atoms. The fourth-order valence-corrected chi connectivity index (χ4v) is 4.12. The molecule has 0 bridgehead atoms. The van der Waals surface area contributed by atoms with E-state index >= 15 is 0 Å². The number of hydrogen-bond donors (Lipinski definition) is 2. The molecular formula is C20H19F3N8O. The summed E-state index contributed by atoms with van der Waals surface area (Å²) in [6, 6.07) is 1.72. The number of aryl methyl sites for hydroxylation is 1. The van der Waals surface area contributed by atoms with Gasteiger partial charge >= 0.3 is 6.18 Å². The van der Waals surface area contributed by atoms with E-state index in [9.17, 15) is 18.3 Å². The molecular weight excluding hydrogens is 425 g/mol. The average molecular weight is 444 g/mol. The highest BCUT2D eigenvalue weighted by molar-refractivity contribution is 5.58. The van der Waals surface area contributed by atoms with Crippen LogP contribution in [0.15, 0.2) is 37.1 Å². The predicted molar refractivity (Wildman–Crippen MR) is 108 cm³/mol. The Balaban J connectivity index is 1.49. The number of piperidine rings is 1. The minimum Gasteiger partial charge on any atom is -0.391 e. The minimum absolute atomic E-state index is 0.0622. The van der Waals surface area contributed by atoms with Gasteiger partial charge in [-0.15, -0.1) is 0 Å². The summed E-state index contributed by atoms with van der Waals surface area (Å²) in [5.74, 6) is 0.859. The molecule has 9 nitrogen and oxygen atoms in total. The van der Waals surface area contributed by atoms with Crippen molar-refractivity contribution in [3.63, 3.8) is 0 Å². The number of nitrogens with zero attached hydrogens (tertiary/aromatic N) is 7. The van der Waals surface area contributed by atoms with Crippen molar-refractivity contribution in [2.45, 2.75) is 31.5 Å². The molecule has 0 radical (unpaired) electrons. The zero-order valence-electron chi connectivity index (χ0n) is 17.0. The second kappa shape index (κ2) is 7.55. The first-order chi connectivity index (χ1) is 15.3. The monoisotopic (exact) mass is 444 g/mol. The molecule has 12 heteroatoms. The third-order valence-corrected chi connectivity index (χ3v) is 5.62. The Morgan fingerprint density at radius 2 is 2.00 bits per heavy atom. The van der Waals surface area contributed by atoms with Crippen LogP contribution in [0.4, 0.5) is 19.0 Å². The molecule has 5 heterocycles. The van der Waals surface area contributed by atoms with Crippen molar-refractivity contribution < 1.29 is 18.3 Å². The number of H-pyrrole nitrogens is 1. The fourth-order valence-electron chi connectivity index (χ4n) is 4.12. The van der Waals surface area contributed by atoms with Crippen molar-refractivity contribution in [3.05, 3.63) is 54.0 Å². The zero-order chi connectivity index (χ0) is 22.5. The number of aliphatic hydroxyl groups is 1. The van der Waals surface area contributed by atoms with E-state index in [0.29, 0.717) is 31.0 Å². The van der Waals surface area contributed by atoms with Crippen LogP contribution in [0.2, 0.25) is 0 Å². The smallest absolute Gasteiger partial charge is 0.391 e. The van der Waals surface area contributed by atoms with E-state index in [1.54, 1.807) is 12.3 Å². The van der Waals surface area contributed by atoms with Crippen LogP contribution >= 0.6 is 0 Å². The van der Waals surface area contributed by atoms with Gasteiger partial charge < -0.3 is 10.0 Å². The highest BCUT2D eigenvalue weighted by Crippen LogP contribution is 2.32. The first-order valence-electron chi connectivity index (χ1n) is 9.96. The Labute approximate surface area is 180 Å². The number of anilines is 1. The molecule has 0 spiro atoms. The van der Waals surface area contributed by atoms with Crippen molar-refractivity contribution >= 4 is 11.5 Å². The first kappa shape index (κ1) is 20.4. The number of aromatic nitrogens is 7. The first-order valence-corrected chi connectivity index (χ1v) is 9.96. The van der Waals surface area contributed by atoms with Crippen LogP contribution in [0.3, 0.4) is 0 Å². The lowest BCUT2D eigenvalue weighted by Crippen LogP contribution is -2.42. The maximum atomic E-state index is 13.1. The normalized spacial score (nSPS) is 19.6. The fraction of sp³-hybridized carbons (Fsp3) is 0.350. The number of halogens is 3. The van der Waals surface area contributed by atoms with Crippen molar-refractivity contribution in [1.82, 2.24) is 34.5 Å². The van der Waals surface area contributed by atoms with Crippen LogP contribution < -0.4 is 4.90 Å². The summed E-state index contributed by atoms with van der Waals surface area (Å²) in [6.45, 7) is 2.91. The highest BCUT2D eigenvalue weighted by atomic mass is 19.4. The van der Waals surface area contributed by atoms with E-state index in [-0.39, 0.29) is 17.4 Å². The molecule has 0 saturated carbocycles. The minimum atomic E-state index is -4.58. The van der Waals surface area contributed by atoms with E-state index in [1.165, 1.54) is 10.6 Å². The van der Waals surface area contributed by atoms with Crippen LogP contribution in [0.25, 0.3) is 17.2 Å². The van der Waals surface area contributed by atoms with Gasteiger partial charge in [0.1, 0.15) is 11.5 Å². The maximum Gasteiger partial charge on any atom is 0.434 e. The largest absolute Gasteiger partial charge is 0.434 e. The molecule has 166 valence electrons. The number of alkyl halides is 3. The van der Waals surface area contributed by atoms with Crippen LogP contribution in [-0.4, -0.2) is 58.8 Å². The van der Waals surface area contributed by atoms with Gasteiger partial charge in [0.25, 0.3) is 0 Å². The van der Waals surface area contributed by atoms with Crippen molar-refractivity contribution in [1.29, 1.82) is 0 Å². The molecule has 4 aromatic rings. The quantitative estimate of drug-likeness (QED) is 0.500. The molecule has 1 fully saturated rings. The van der Waals surface area contributed by atoms with E-state index in [2.05, 4.69) is 30.1 Å². The molecule has 2 N–H and O–H groups in total. The molecule has 4 aromatic heterocycles. The summed E-state index contributed by atoms with van der Waals surface area (Å²) in [7, 11) is 0.